The van der Waals surface area contributed by atoms with Crippen LogP contribution in [0.1, 0.15) is 19.3 Å². The summed E-state index contributed by atoms with van der Waals surface area (Å²) in [7, 11) is 0. The van der Waals surface area contributed by atoms with Gasteiger partial charge in [-0.25, -0.2) is 0 Å². The first-order chi connectivity index (χ1) is 6.24. The number of carbonyl (C=O) groups is 1. The predicted octanol–water partition coefficient (Wildman–Crippen LogP) is -0.199. The van der Waals surface area contributed by atoms with E-state index in [1.807, 2.05) is 0 Å². The maximum atomic E-state index is 10.3. The van der Waals surface area contributed by atoms with Crippen LogP contribution in [0.15, 0.2) is 0 Å². The van der Waals surface area contributed by atoms with Crippen LogP contribution in [0, 0.1) is 5.92 Å². The van der Waals surface area contributed by atoms with Gasteiger partial charge in [0.25, 0.3) is 0 Å². The van der Waals surface area contributed by atoms with Gasteiger partial charge < -0.3 is 15.7 Å². The molecular weight excluding hydrogens is 168 g/mol. The van der Waals surface area contributed by atoms with Crippen LogP contribution in [-0.4, -0.2) is 36.2 Å². The standard InChI is InChI=1S/C9H16N2O2/c12-9(13)5-11-8-2-6-1-7(3-8)10-4-6/h6-8,10-11H,1-5H2,(H,12,13). The van der Waals surface area contributed by atoms with Gasteiger partial charge in [0, 0.05) is 12.1 Å². The normalized spacial score (nSPS) is 37.7. The third-order valence-electron chi connectivity index (χ3n) is 3.04. The third kappa shape index (κ3) is 2.19. The fourth-order valence-corrected chi connectivity index (χ4v) is 2.50. The number of carboxylic acids is 1. The molecule has 2 bridgehead atoms. The smallest absolute Gasteiger partial charge is 0.317 e. The minimum absolute atomic E-state index is 0.101. The van der Waals surface area contributed by atoms with Gasteiger partial charge in [0.15, 0.2) is 0 Å². The maximum absolute atomic E-state index is 10.3. The van der Waals surface area contributed by atoms with Gasteiger partial charge in [-0.15, -0.1) is 0 Å². The zero-order chi connectivity index (χ0) is 9.26. The van der Waals surface area contributed by atoms with Gasteiger partial charge >= 0.3 is 5.97 Å². The van der Waals surface area contributed by atoms with Crippen LogP contribution in [0.25, 0.3) is 0 Å². The van der Waals surface area contributed by atoms with Gasteiger partial charge in [-0.2, -0.15) is 0 Å². The lowest BCUT2D eigenvalue weighted by Crippen LogP contribution is -2.40. The molecule has 1 heterocycles. The van der Waals surface area contributed by atoms with E-state index in [0.717, 1.165) is 25.3 Å². The molecule has 0 aromatic carbocycles. The summed E-state index contributed by atoms with van der Waals surface area (Å²) in [4.78, 5) is 10.3. The quantitative estimate of drug-likeness (QED) is 0.568. The molecule has 2 rings (SSSR count). The van der Waals surface area contributed by atoms with Crippen molar-refractivity contribution in [3.63, 3.8) is 0 Å². The Morgan fingerprint density at radius 3 is 3.00 bits per heavy atom. The highest BCUT2D eigenvalue weighted by molar-refractivity contribution is 5.69. The molecule has 0 amide bonds. The number of carboxylic acid groups (broad SMARTS) is 1. The van der Waals surface area contributed by atoms with Gasteiger partial charge in [0.2, 0.25) is 0 Å². The number of hydrogen-bond donors (Lipinski definition) is 3. The van der Waals surface area contributed by atoms with Crippen molar-refractivity contribution in [2.45, 2.75) is 31.3 Å². The van der Waals surface area contributed by atoms with Gasteiger partial charge in [-0.1, -0.05) is 0 Å². The summed E-state index contributed by atoms with van der Waals surface area (Å²) in [6.45, 7) is 1.22. The summed E-state index contributed by atoms with van der Waals surface area (Å²) in [6.07, 6.45) is 3.51. The van der Waals surface area contributed by atoms with Crippen LogP contribution in [0.2, 0.25) is 0 Å². The molecule has 1 aliphatic heterocycles. The van der Waals surface area contributed by atoms with E-state index in [-0.39, 0.29) is 6.54 Å². The molecule has 3 unspecified atom stereocenters. The molecule has 13 heavy (non-hydrogen) atoms. The molecule has 1 aliphatic carbocycles. The minimum Gasteiger partial charge on any atom is -0.480 e. The number of hydrogen-bond acceptors (Lipinski definition) is 3. The van der Waals surface area contributed by atoms with E-state index >= 15 is 0 Å². The van der Waals surface area contributed by atoms with Crippen LogP contribution >= 0.6 is 0 Å². The Bertz CT molecular complexity index is 196. The second-order valence-corrected chi connectivity index (χ2v) is 4.15. The lowest BCUT2D eigenvalue weighted by atomic mass is 9.86. The molecule has 3 N–H and O–H groups in total. The summed E-state index contributed by atoms with van der Waals surface area (Å²) >= 11 is 0. The first-order valence-electron chi connectivity index (χ1n) is 4.92. The van der Waals surface area contributed by atoms with E-state index in [4.69, 9.17) is 5.11 Å². The van der Waals surface area contributed by atoms with Crippen molar-refractivity contribution < 1.29 is 9.90 Å². The average Bonchev–Trinajstić information content (AvgIpc) is 2.42. The average molecular weight is 184 g/mol. The van der Waals surface area contributed by atoms with E-state index < -0.39 is 5.97 Å². The van der Waals surface area contributed by atoms with Crippen LogP contribution in [-0.2, 0) is 4.79 Å². The summed E-state index contributed by atoms with van der Waals surface area (Å²) in [5.74, 6) is 0.0101. The summed E-state index contributed by atoms with van der Waals surface area (Å²) in [5.41, 5.74) is 0. The fourth-order valence-electron chi connectivity index (χ4n) is 2.50. The Kier molecular flexibility index (Phi) is 2.51. The highest BCUT2D eigenvalue weighted by Crippen LogP contribution is 2.29. The number of nitrogens with one attached hydrogen (secondary N) is 2. The highest BCUT2D eigenvalue weighted by Gasteiger charge is 2.33. The Balaban J connectivity index is 1.78. The molecule has 4 heteroatoms. The van der Waals surface area contributed by atoms with Gasteiger partial charge in [-0.05, 0) is 31.7 Å². The van der Waals surface area contributed by atoms with Crippen LogP contribution in [0.3, 0.4) is 0 Å². The maximum Gasteiger partial charge on any atom is 0.317 e. The second kappa shape index (κ2) is 3.64. The first-order valence-corrected chi connectivity index (χ1v) is 4.92. The van der Waals surface area contributed by atoms with Crippen molar-refractivity contribution >= 4 is 5.97 Å². The molecule has 3 atom stereocenters. The van der Waals surface area contributed by atoms with Gasteiger partial charge in [0.1, 0.15) is 0 Å². The van der Waals surface area contributed by atoms with Crippen molar-refractivity contribution in [2.75, 3.05) is 13.1 Å². The Morgan fingerprint density at radius 2 is 2.31 bits per heavy atom. The van der Waals surface area contributed by atoms with Crippen LogP contribution in [0.4, 0.5) is 0 Å². The van der Waals surface area contributed by atoms with Crippen LogP contribution in [0.5, 0.6) is 0 Å². The van der Waals surface area contributed by atoms with Crippen molar-refractivity contribution in [3.05, 3.63) is 0 Å². The van der Waals surface area contributed by atoms with Crippen molar-refractivity contribution in [2.24, 2.45) is 5.92 Å². The van der Waals surface area contributed by atoms with E-state index in [9.17, 15) is 4.79 Å². The number of fused-ring (bicyclic) bond motifs is 2. The molecule has 2 fully saturated rings. The first kappa shape index (κ1) is 8.97. The molecule has 1 saturated heterocycles. The largest absolute Gasteiger partial charge is 0.480 e. The third-order valence-corrected chi connectivity index (χ3v) is 3.04. The number of aliphatic carboxylic acids is 1. The summed E-state index contributed by atoms with van der Waals surface area (Å²) in [5, 5.41) is 15.0. The molecule has 0 spiro atoms. The topological polar surface area (TPSA) is 61.4 Å². The SMILES string of the molecule is O=C(O)CNC1CC2CNC(C2)C1. The second-order valence-electron chi connectivity index (χ2n) is 4.15. The van der Waals surface area contributed by atoms with Gasteiger partial charge in [0.05, 0.1) is 6.54 Å². The van der Waals surface area contributed by atoms with E-state index in [1.165, 1.54) is 6.42 Å². The highest BCUT2D eigenvalue weighted by atomic mass is 16.4. The molecule has 2 aliphatic rings. The molecule has 0 radical (unpaired) electrons. The molecular formula is C9H16N2O2. The fraction of sp³-hybridized carbons (Fsp3) is 0.889. The zero-order valence-electron chi connectivity index (χ0n) is 7.62. The van der Waals surface area contributed by atoms with E-state index in [1.54, 1.807) is 0 Å². The monoisotopic (exact) mass is 184 g/mol. The molecule has 0 aromatic heterocycles. The molecule has 74 valence electrons. The van der Waals surface area contributed by atoms with Crippen molar-refractivity contribution in [3.8, 4) is 0 Å². The van der Waals surface area contributed by atoms with Crippen LogP contribution < -0.4 is 10.6 Å². The lowest BCUT2D eigenvalue weighted by molar-refractivity contribution is -0.136. The zero-order valence-corrected chi connectivity index (χ0v) is 7.62. The predicted molar refractivity (Wildman–Crippen MR) is 48.6 cm³/mol. The summed E-state index contributed by atoms with van der Waals surface area (Å²) in [6, 6.07) is 1.04. The Labute approximate surface area is 77.7 Å². The number of rotatable bonds is 3. The Hall–Kier alpha value is -0.610. The van der Waals surface area contributed by atoms with E-state index in [0.29, 0.717) is 12.1 Å². The summed E-state index contributed by atoms with van der Waals surface area (Å²) < 4.78 is 0. The Morgan fingerprint density at radius 1 is 1.46 bits per heavy atom. The van der Waals surface area contributed by atoms with Crippen molar-refractivity contribution in [1.82, 2.24) is 10.6 Å². The molecule has 1 saturated carbocycles. The van der Waals surface area contributed by atoms with Gasteiger partial charge in [-0.3, -0.25) is 4.79 Å². The van der Waals surface area contributed by atoms with Crippen molar-refractivity contribution in [1.29, 1.82) is 0 Å². The molecule has 4 nitrogen and oxygen atoms in total. The van der Waals surface area contributed by atoms with E-state index in [2.05, 4.69) is 10.6 Å². The minimum atomic E-state index is -0.758. The lowest BCUT2D eigenvalue weighted by Gasteiger charge is -2.27. The molecule has 0 aromatic rings.